The minimum Gasteiger partial charge on any atom is -0.497 e. The minimum absolute atomic E-state index is 0.0347. The largest absolute Gasteiger partial charge is 0.497 e. The molecule has 0 aromatic heterocycles. The van der Waals surface area contributed by atoms with Gasteiger partial charge in [0.15, 0.2) is 0 Å². The van der Waals surface area contributed by atoms with E-state index in [-0.39, 0.29) is 16.6 Å². The van der Waals surface area contributed by atoms with Crippen molar-refractivity contribution in [3.63, 3.8) is 0 Å². The molecule has 4 rings (SSSR count). The number of para-hydroxylation sites is 1. The molecule has 0 N–H and O–H groups in total. The van der Waals surface area contributed by atoms with E-state index < -0.39 is 10.1 Å². The molecule has 1 aliphatic heterocycles. The molecule has 0 spiro atoms. The first-order chi connectivity index (χ1) is 15.8. The number of carbonyl (C=O) groups is 1. The molecule has 0 saturated carbocycles. The molecule has 0 radical (unpaired) electrons. The Morgan fingerprint density at radius 1 is 0.939 bits per heavy atom. The highest BCUT2D eigenvalue weighted by Crippen LogP contribution is 2.31. The van der Waals surface area contributed by atoms with Crippen LogP contribution in [0.25, 0.3) is 6.08 Å². The first kappa shape index (κ1) is 22.3. The SMILES string of the molecule is COc1ccc(OS(=O)(=O)c2ccc(C)cc2)c(C=C2C(=O)N(c3ccccc3)N=C2C)c1. The first-order valence-electron chi connectivity index (χ1n) is 10.1. The second-order valence-corrected chi connectivity index (χ2v) is 9.00. The van der Waals surface area contributed by atoms with Crippen molar-refractivity contribution in [3.05, 3.63) is 89.5 Å². The maximum Gasteiger partial charge on any atom is 0.339 e. The lowest BCUT2D eigenvalue weighted by Crippen LogP contribution is -2.21. The first-order valence-corrected chi connectivity index (χ1v) is 11.6. The van der Waals surface area contributed by atoms with Crippen LogP contribution in [0, 0.1) is 6.92 Å². The number of rotatable bonds is 6. The van der Waals surface area contributed by atoms with Gasteiger partial charge in [-0.1, -0.05) is 35.9 Å². The highest BCUT2D eigenvalue weighted by atomic mass is 32.2. The smallest absolute Gasteiger partial charge is 0.339 e. The summed E-state index contributed by atoms with van der Waals surface area (Å²) in [7, 11) is -2.58. The fourth-order valence-electron chi connectivity index (χ4n) is 3.30. The van der Waals surface area contributed by atoms with Crippen molar-refractivity contribution < 1.29 is 22.1 Å². The van der Waals surface area contributed by atoms with E-state index in [9.17, 15) is 13.2 Å². The maximum absolute atomic E-state index is 13.1. The number of anilines is 1. The Hall–Kier alpha value is -3.91. The van der Waals surface area contributed by atoms with Gasteiger partial charge >= 0.3 is 10.1 Å². The van der Waals surface area contributed by atoms with Gasteiger partial charge in [-0.05, 0) is 62.4 Å². The standard InChI is InChI=1S/C25H22N2O5S/c1-17-9-12-22(13-10-17)33(29,30)32-24-14-11-21(31-3)15-19(24)16-23-18(2)26-27(25(23)28)20-7-5-4-6-8-20/h4-16H,1-3H3. The molecule has 0 saturated heterocycles. The molecule has 8 heteroatoms. The predicted molar refractivity (Wildman–Crippen MR) is 127 cm³/mol. The Bertz CT molecular complexity index is 1360. The van der Waals surface area contributed by atoms with Gasteiger partial charge in [-0.2, -0.15) is 18.5 Å². The van der Waals surface area contributed by atoms with Gasteiger partial charge in [-0.3, -0.25) is 4.79 Å². The molecule has 3 aromatic carbocycles. The summed E-state index contributed by atoms with van der Waals surface area (Å²) < 4.78 is 36.4. The van der Waals surface area contributed by atoms with E-state index >= 15 is 0 Å². The number of nitrogens with zero attached hydrogens (tertiary/aromatic N) is 2. The van der Waals surface area contributed by atoms with Crippen LogP contribution in [-0.2, 0) is 14.9 Å². The number of carbonyl (C=O) groups excluding carboxylic acids is 1. The molecule has 1 heterocycles. The van der Waals surface area contributed by atoms with Crippen molar-refractivity contribution in [1.29, 1.82) is 0 Å². The third-order valence-electron chi connectivity index (χ3n) is 5.09. The average molecular weight is 463 g/mol. The van der Waals surface area contributed by atoms with Crippen LogP contribution in [0.5, 0.6) is 11.5 Å². The Balaban J connectivity index is 1.72. The number of hydrazone groups is 1. The molecule has 7 nitrogen and oxygen atoms in total. The maximum atomic E-state index is 13.1. The molecular weight excluding hydrogens is 440 g/mol. The number of hydrogen-bond donors (Lipinski definition) is 0. The molecule has 0 atom stereocenters. The number of benzene rings is 3. The highest BCUT2D eigenvalue weighted by Gasteiger charge is 2.29. The van der Waals surface area contributed by atoms with Gasteiger partial charge in [0.05, 0.1) is 24.1 Å². The number of ether oxygens (including phenoxy) is 1. The van der Waals surface area contributed by atoms with Gasteiger partial charge in [-0.25, -0.2) is 0 Å². The molecule has 33 heavy (non-hydrogen) atoms. The minimum atomic E-state index is -4.08. The number of amides is 1. The highest BCUT2D eigenvalue weighted by molar-refractivity contribution is 7.87. The average Bonchev–Trinajstić information content (AvgIpc) is 3.09. The van der Waals surface area contributed by atoms with Gasteiger partial charge in [0.25, 0.3) is 5.91 Å². The summed E-state index contributed by atoms with van der Waals surface area (Å²) in [6.07, 6.45) is 1.56. The fourth-order valence-corrected chi connectivity index (χ4v) is 4.25. The van der Waals surface area contributed by atoms with Crippen molar-refractivity contribution in [1.82, 2.24) is 0 Å². The van der Waals surface area contributed by atoms with Crippen LogP contribution in [0.2, 0.25) is 0 Å². The summed E-state index contributed by atoms with van der Waals surface area (Å²) in [4.78, 5) is 13.1. The summed E-state index contributed by atoms with van der Waals surface area (Å²) in [6, 6.07) is 20.1. The normalized spacial score (nSPS) is 15.0. The van der Waals surface area contributed by atoms with Crippen molar-refractivity contribution in [2.24, 2.45) is 5.10 Å². The third kappa shape index (κ3) is 4.65. The lowest BCUT2D eigenvalue weighted by Gasteiger charge is -2.13. The molecule has 0 aliphatic carbocycles. The third-order valence-corrected chi connectivity index (χ3v) is 6.34. The van der Waals surface area contributed by atoms with Gasteiger partial charge < -0.3 is 8.92 Å². The molecule has 1 amide bonds. The molecule has 0 unspecified atom stereocenters. The van der Waals surface area contributed by atoms with E-state index in [0.717, 1.165) is 5.56 Å². The van der Waals surface area contributed by atoms with E-state index in [1.54, 1.807) is 49.4 Å². The van der Waals surface area contributed by atoms with Crippen molar-refractivity contribution in [2.45, 2.75) is 18.7 Å². The topological polar surface area (TPSA) is 85.3 Å². The summed E-state index contributed by atoms with van der Waals surface area (Å²) >= 11 is 0. The zero-order valence-corrected chi connectivity index (χ0v) is 19.2. The van der Waals surface area contributed by atoms with Gasteiger partial charge in [0.2, 0.25) is 0 Å². The lowest BCUT2D eigenvalue weighted by molar-refractivity contribution is -0.114. The van der Waals surface area contributed by atoms with Gasteiger partial charge in [-0.15, -0.1) is 0 Å². The monoisotopic (exact) mass is 462 g/mol. The van der Waals surface area contributed by atoms with E-state index in [1.165, 1.54) is 30.3 Å². The Morgan fingerprint density at radius 3 is 2.30 bits per heavy atom. The van der Waals surface area contributed by atoms with Crippen LogP contribution in [0.4, 0.5) is 5.69 Å². The van der Waals surface area contributed by atoms with Crippen LogP contribution < -0.4 is 13.9 Å². The van der Waals surface area contributed by atoms with E-state index in [0.29, 0.717) is 28.3 Å². The van der Waals surface area contributed by atoms with Gasteiger partial charge in [0.1, 0.15) is 16.4 Å². The van der Waals surface area contributed by atoms with E-state index in [4.69, 9.17) is 8.92 Å². The predicted octanol–water partition coefficient (Wildman–Crippen LogP) is 4.58. The number of aryl methyl sites for hydroxylation is 1. The summed E-state index contributed by atoms with van der Waals surface area (Å²) in [5.74, 6) is 0.235. The molecule has 0 bridgehead atoms. The Morgan fingerprint density at radius 2 is 1.64 bits per heavy atom. The fraction of sp³-hybridized carbons (Fsp3) is 0.120. The number of hydrogen-bond acceptors (Lipinski definition) is 6. The van der Waals surface area contributed by atoms with Crippen LogP contribution in [0.3, 0.4) is 0 Å². The van der Waals surface area contributed by atoms with Crippen LogP contribution in [0.15, 0.2) is 88.4 Å². The number of methoxy groups -OCH3 is 1. The van der Waals surface area contributed by atoms with Crippen molar-refractivity contribution in [3.8, 4) is 11.5 Å². The zero-order valence-electron chi connectivity index (χ0n) is 18.3. The molecule has 3 aromatic rings. The van der Waals surface area contributed by atoms with Crippen LogP contribution in [0.1, 0.15) is 18.1 Å². The summed E-state index contributed by atoms with van der Waals surface area (Å²) in [6.45, 7) is 3.59. The van der Waals surface area contributed by atoms with E-state index in [1.807, 2.05) is 25.1 Å². The van der Waals surface area contributed by atoms with Crippen LogP contribution in [-0.4, -0.2) is 27.1 Å². The van der Waals surface area contributed by atoms with Gasteiger partial charge in [0, 0.05) is 5.56 Å². The summed E-state index contributed by atoms with van der Waals surface area (Å²) in [5, 5.41) is 5.67. The molecule has 1 aliphatic rings. The quantitative estimate of drug-likeness (QED) is 0.396. The van der Waals surface area contributed by atoms with Crippen molar-refractivity contribution in [2.75, 3.05) is 12.1 Å². The van der Waals surface area contributed by atoms with E-state index in [2.05, 4.69) is 5.10 Å². The van der Waals surface area contributed by atoms with Crippen molar-refractivity contribution >= 4 is 33.5 Å². The molecule has 0 fully saturated rings. The van der Waals surface area contributed by atoms with Crippen LogP contribution >= 0.6 is 0 Å². The Kier molecular flexibility index (Phi) is 6.02. The second-order valence-electron chi connectivity index (χ2n) is 7.45. The Labute approximate surface area is 192 Å². The molecule has 168 valence electrons. The lowest BCUT2D eigenvalue weighted by atomic mass is 10.1. The second kappa shape index (κ2) is 8.91. The molecular formula is C25H22N2O5S. The zero-order chi connectivity index (χ0) is 23.6. The summed E-state index contributed by atoms with van der Waals surface area (Å²) in [5.41, 5.74) is 2.76.